The van der Waals surface area contributed by atoms with Crippen LogP contribution in [0.2, 0.25) is 0 Å². The molecule has 0 bridgehead atoms. The molecule has 1 rings (SSSR count). The Hall–Kier alpha value is -0.160. The van der Waals surface area contributed by atoms with Crippen LogP contribution in [-0.4, -0.2) is 60.0 Å². The fourth-order valence-corrected chi connectivity index (χ4v) is 1.53. The molecule has 0 radical (unpaired) electrons. The second-order valence-corrected chi connectivity index (χ2v) is 3.45. The highest BCUT2D eigenvalue weighted by Gasteiger charge is 2.17. The Bertz CT molecular complexity index is 132. The first-order chi connectivity index (χ1) is 5.72. The van der Waals surface area contributed by atoms with Crippen molar-refractivity contribution < 1.29 is 10.2 Å². The Balaban J connectivity index is 2.22. The van der Waals surface area contributed by atoms with Gasteiger partial charge in [0.1, 0.15) is 0 Å². The summed E-state index contributed by atoms with van der Waals surface area (Å²) in [7, 11) is 0. The predicted octanol–water partition coefficient (Wildman–Crippen LogP) is -1.37. The first-order valence-electron chi connectivity index (χ1n) is 4.47. The number of piperazine rings is 1. The van der Waals surface area contributed by atoms with E-state index in [1.807, 2.05) is 0 Å². The van der Waals surface area contributed by atoms with Gasteiger partial charge in [0.05, 0.1) is 12.7 Å². The van der Waals surface area contributed by atoms with Crippen LogP contribution in [0, 0.1) is 0 Å². The Labute approximate surface area is 73.2 Å². The van der Waals surface area contributed by atoms with E-state index in [0.29, 0.717) is 12.6 Å². The van der Waals surface area contributed by atoms with Gasteiger partial charge in [0.25, 0.3) is 0 Å². The lowest BCUT2D eigenvalue weighted by atomic mass is 10.2. The van der Waals surface area contributed by atoms with Crippen molar-refractivity contribution in [3.8, 4) is 0 Å². The molecule has 0 aromatic heterocycles. The molecular weight excluding hydrogens is 156 g/mol. The fraction of sp³-hybridized carbons (Fsp3) is 1.00. The third kappa shape index (κ3) is 3.06. The molecule has 1 aliphatic heterocycles. The summed E-state index contributed by atoms with van der Waals surface area (Å²) in [6.45, 7) is 5.45. The minimum atomic E-state index is -0.588. The van der Waals surface area contributed by atoms with E-state index < -0.39 is 6.10 Å². The number of aliphatic hydroxyl groups excluding tert-OH is 2. The monoisotopic (exact) mass is 174 g/mol. The van der Waals surface area contributed by atoms with Gasteiger partial charge in [0, 0.05) is 32.2 Å². The average molecular weight is 174 g/mol. The van der Waals surface area contributed by atoms with Crippen LogP contribution in [0.1, 0.15) is 6.92 Å². The summed E-state index contributed by atoms with van der Waals surface area (Å²) in [5, 5.41) is 21.1. The maximum Gasteiger partial charge on any atom is 0.0897 e. The van der Waals surface area contributed by atoms with Gasteiger partial charge in [-0.2, -0.15) is 0 Å². The van der Waals surface area contributed by atoms with Gasteiger partial charge in [0.2, 0.25) is 0 Å². The van der Waals surface area contributed by atoms with E-state index in [-0.39, 0.29) is 6.61 Å². The van der Waals surface area contributed by atoms with Crippen LogP contribution >= 0.6 is 0 Å². The Morgan fingerprint density at radius 3 is 3.00 bits per heavy atom. The average Bonchev–Trinajstić information content (AvgIpc) is 2.04. The van der Waals surface area contributed by atoms with Gasteiger partial charge in [-0.25, -0.2) is 0 Å². The second kappa shape index (κ2) is 4.77. The van der Waals surface area contributed by atoms with Crippen LogP contribution in [0.25, 0.3) is 0 Å². The standard InChI is InChI=1S/C8H18N2O2/c1-7-4-10(3-2-9-7)5-8(12)6-11/h7-9,11-12H,2-6H2,1H3. The summed E-state index contributed by atoms with van der Waals surface area (Å²) in [5.74, 6) is 0. The van der Waals surface area contributed by atoms with Crippen LogP contribution in [0.4, 0.5) is 0 Å². The molecule has 1 heterocycles. The van der Waals surface area contributed by atoms with Gasteiger partial charge in [-0.15, -0.1) is 0 Å². The molecule has 0 spiro atoms. The minimum absolute atomic E-state index is 0.141. The Kier molecular flexibility index (Phi) is 3.94. The molecule has 0 saturated carbocycles. The number of hydrogen-bond donors (Lipinski definition) is 3. The molecule has 2 atom stereocenters. The number of hydrogen-bond acceptors (Lipinski definition) is 4. The topological polar surface area (TPSA) is 55.7 Å². The van der Waals surface area contributed by atoms with Crippen molar-refractivity contribution >= 4 is 0 Å². The van der Waals surface area contributed by atoms with Crippen LogP contribution < -0.4 is 5.32 Å². The van der Waals surface area contributed by atoms with Crippen molar-refractivity contribution in [1.82, 2.24) is 10.2 Å². The van der Waals surface area contributed by atoms with E-state index in [2.05, 4.69) is 17.1 Å². The minimum Gasteiger partial charge on any atom is -0.394 e. The van der Waals surface area contributed by atoms with E-state index >= 15 is 0 Å². The third-order valence-electron chi connectivity index (χ3n) is 2.13. The maximum absolute atomic E-state index is 9.18. The Morgan fingerprint density at radius 2 is 2.42 bits per heavy atom. The molecule has 4 heteroatoms. The zero-order valence-electron chi connectivity index (χ0n) is 7.53. The highest BCUT2D eigenvalue weighted by Crippen LogP contribution is 1.99. The normalized spacial score (nSPS) is 28.8. The zero-order valence-corrected chi connectivity index (χ0v) is 7.53. The van der Waals surface area contributed by atoms with Crippen LogP contribution in [-0.2, 0) is 0 Å². The van der Waals surface area contributed by atoms with Crippen LogP contribution in [0.15, 0.2) is 0 Å². The van der Waals surface area contributed by atoms with E-state index in [1.165, 1.54) is 0 Å². The lowest BCUT2D eigenvalue weighted by Crippen LogP contribution is -2.51. The molecule has 4 nitrogen and oxygen atoms in total. The van der Waals surface area contributed by atoms with E-state index in [9.17, 15) is 5.11 Å². The summed E-state index contributed by atoms with van der Waals surface area (Å²) in [6.07, 6.45) is -0.588. The zero-order chi connectivity index (χ0) is 8.97. The molecule has 1 saturated heterocycles. The molecular formula is C8H18N2O2. The van der Waals surface area contributed by atoms with Gasteiger partial charge < -0.3 is 15.5 Å². The van der Waals surface area contributed by atoms with Crippen molar-refractivity contribution in [2.24, 2.45) is 0 Å². The first-order valence-corrected chi connectivity index (χ1v) is 4.47. The molecule has 2 unspecified atom stereocenters. The Morgan fingerprint density at radius 1 is 1.67 bits per heavy atom. The third-order valence-corrected chi connectivity index (χ3v) is 2.13. The molecule has 3 N–H and O–H groups in total. The number of rotatable bonds is 3. The summed E-state index contributed by atoms with van der Waals surface area (Å²) in [5.41, 5.74) is 0. The highest BCUT2D eigenvalue weighted by atomic mass is 16.3. The summed E-state index contributed by atoms with van der Waals surface area (Å²) >= 11 is 0. The number of aliphatic hydroxyl groups is 2. The van der Waals surface area contributed by atoms with Crippen LogP contribution in [0.5, 0.6) is 0 Å². The van der Waals surface area contributed by atoms with Gasteiger partial charge in [-0.05, 0) is 6.92 Å². The molecule has 1 aliphatic rings. The number of nitrogens with zero attached hydrogens (tertiary/aromatic N) is 1. The quantitative estimate of drug-likeness (QED) is 0.494. The largest absolute Gasteiger partial charge is 0.394 e. The number of β-amino-alcohol motifs (C(OH)–C–C–N with tert-alkyl or cyclic N) is 1. The molecule has 72 valence electrons. The molecule has 0 aliphatic carbocycles. The molecule has 0 amide bonds. The van der Waals surface area contributed by atoms with Crippen molar-refractivity contribution in [2.45, 2.75) is 19.1 Å². The lowest BCUT2D eigenvalue weighted by molar-refractivity contribution is 0.0508. The predicted molar refractivity (Wildman–Crippen MR) is 47.0 cm³/mol. The first kappa shape index (κ1) is 9.92. The molecule has 0 aromatic carbocycles. The second-order valence-electron chi connectivity index (χ2n) is 3.45. The highest BCUT2D eigenvalue weighted by molar-refractivity contribution is 4.76. The maximum atomic E-state index is 9.18. The molecule has 12 heavy (non-hydrogen) atoms. The SMILES string of the molecule is CC1CN(CC(O)CO)CCN1. The van der Waals surface area contributed by atoms with E-state index in [1.54, 1.807) is 0 Å². The number of nitrogens with one attached hydrogen (secondary N) is 1. The smallest absolute Gasteiger partial charge is 0.0897 e. The van der Waals surface area contributed by atoms with Gasteiger partial charge in [-0.3, -0.25) is 4.90 Å². The van der Waals surface area contributed by atoms with Gasteiger partial charge in [0.15, 0.2) is 0 Å². The van der Waals surface area contributed by atoms with Crippen LogP contribution in [0.3, 0.4) is 0 Å². The lowest BCUT2D eigenvalue weighted by Gasteiger charge is -2.32. The van der Waals surface area contributed by atoms with Gasteiger partial charge in [-0.1, -0.05) is 0 Å². The summed E-state index contributed by atoms with van der Waals surface area (Å²) in [6, 6.07) is 0.490. The van der Waals surface area contributed by atoms with Crippen molar-refractivity contribution in [3.05, 3.63) is 0 Å². The summed E-state index contributed by atoms with van der Waals surface area (Å²) < 4.78 is 0. The van der Waals surface area contributed by atoms with Crippen molar-refractivity contribution in [3.63, 3.8) is 0 Å². The molecule has 0 aromatic rings. The van der Waals surface area contributed by atoms with Gasteiger partial charge >= 0.3 is 0 Å². The summed E-state index contributed by atoms with van der Waals surface area (Å²) in [4.78, 5) is 2.17. The van der Waals surface area contributed by atoms with Crippen molar-refractivity contribution in [2.75, 3.05) is 32.8 Å². The van der Waals surface area contributed by atoms with Crippen molar-refractivity contribution in [1.29, 1.82) is 0 Å². The van der Waals surface area contributed by atoms with E-state index in [0.717, 1.165) is 19.6 Å². The molecule has 1 fully saturated rings. The fourth-order valence-electron chi connectivity index (χ4n) is 1.53. The van der Waals surface area contributed by atoms with E-state index in [4.69, 9.17) is 5.11 Å².